The molecule has 1 fully saturated rings. The number of amides is 1. The molecule has 2 heterocycles. The maximum absolute atomic E-state index is 13.0. The third-order valence-electron chi connectivity index (χ3n) is 4.84. The minimum absolute atomic E-state index is 0.134. The van der Waals surface area contributed by atoms with Crippen molar-refractivity contribution < 1.29 is 17.9 Å². The quantitative estimate of drug-likeness (QED) is 0.709. The summed E-state index contributed by atoms with van der Waals surface area (Å²) in [5.41, 5.74) is 1.93. The zero-order valence-electron chi connectivity index (χ0n) is 16.5. The Bertz CT molecular complexity index is 967. The van der Waals surface area contributed by atoms with Crippen LogP contribution in [0, 0.1) is 13.8 Å². The molecule has 1 aliphatic rings. The molecule has 0 radical (unpaired) electrons. The van der Waals surface area contributed by atoms with Crippen molar-refractivity contribution in [1.82, 2.24) is 19.4 Å². The molecule has 1 aromatic carbocycles. The van der Waals surface area contributed by atoms with E-state index in [1.54, 1.807) is 30.7 Å². The summed E-state index contributed by atoms with van der Waals surface area (Å²) in [4.78, 5) is 12.4. The van der Waals surface area contributed by atoms with E-state index < -0.39 is 10.0 Å². The van der Waals surface area contributed by atoms with Crippen LogP contribution in [0.25, 0.3) is 0 Å². The first-order valence-electron chi connectivity index (χ1n) is 9.42. The minimum atomic E-state index is -3.63. The van der Waals surface area contributed by atoms with Gasteiger partial charge in [0.2, 0.25) is 15.9 Å². The van der Waals surface area contributed by atoms with Crippen LogP contribution in [0.2, 0.25) is 5.02 Å². The Hall–Kier alpha value is -1.94. The summed E-state index contributed by atoms with van der Waals surface area (Å²) < 4.78 is 34.2. The highest BCUT2D eigenvalue weighted by Gasteiger charge is 2.32. The van der Waals surface area contributed by atoms with Gasteiger partial charge in [-0.15, -0.1) is 0 Å². The van der Waals surface area contributed by atoms with Gasteiger partial charge in [0, 0.05) is 31.1 Å². The Labute approximate surface area is 175 Å². The number of ether oxygens (including phenoxy) is 1. The topological polar surface area (TPSA) is 93.5 Å². The third kappa shape index (κ3) is 5.16. The number of halogens is 1. The fourth-order valence-electron chi connectivity index (χ4n) is 3.29. The molecule has 29 heavy (non-hydrogen) atoms. The van der Waals surface area contributed by atoms with Crippen molar-refractivity contribution in [3.05, 3.63) is 46.2 Å². The van der Waals surface area contributed by atoms with Gasteiger partial charge >= 0.3 is 0 Å². The Morgan fingerprint density at radius 1 is 1.21 bits per heavy atom. The van der Waals surface area contributed by atoms with E-state index in [2.05, 4.69) is 10.4 Å². The van der Waals surface area contributed by atoms with Gasteiger partial charge in [-0.2, -0.15) is 9.40 Å². The standard InChI is InChI=1S/C19H25ClN4O4S/c1-14-19(29(26,27)23-9-11-28-12-10-23)15(2)24(22-14)8-7-18(25)21-13-16-3-5-17(20)6-4-16/h3-6H,7-13H2,1-2H3,(H,21,25). The van der Waals surface area contributed by atoms with Crippen molar-refractivity contribution in [3.8, 4) is 0 Å². The number of morpholine rings is 1. The number of carbonyl (C=O) groups is 1. The second-order valence-electron chi connectivity index (χ2n) is 6.89. The zero-order chi connectivity index (χ0) is 21.0. The van der Waals surface area contributed by atoms with Gasteiger partial charge in [0.25, 0.3) is 0 Å². The molecule has 2 aromatic rings. The van der Waals surface area contributed by atoms with E-state index in [-0.39, 0.29) is 17.2 Å². The van der Waals surface area contributed by atoms with Crippen molar-refractivity contribution in [2.75, 3.05) is 26.3 Å². The van der Waals surface area contributed by atoms with E-state index in [9.17, 15) is 13.2 Å². The number of nitrogens with zero attached hydrogens (tertiary/aromatic N) is 3. The van der Waals surface area contributed by atoms with Gasteiger partial charge in [0.15, 0.2) is 0 Å². The maximum atomic E-state index is 13.0. The monoisotopic (exact) mass is 440 g/mol. The molecule has 0 unspecified atom stereocenters. The zero-order valence-corrected chi connectivity index (χ0v) is 18.1. The normalized spacial score (nSPS) is 15.4. The van der Waals surface area contributed by atoms with Crippen LogP contribution in [0.1, 0.15) is 23.4 Å². The molecule has 0 spiro atoms. The lowest BCUT2D eigenvalue weighted by Gasteiger charge is -2.26. The molecule has 1 aliphatic heterocycles. The van der Waals surface area contributed by atoms with Crippen molar-refractivity contribution in [2.24, 2.45) is 0 Å². The van der Waals surface area contributed by atoms with Crippen LogP contribution < -0.4 is 5.32 Å². The molecule has 0 bridgehead atoms. The lowest BCUT2D eigenvalue weighted by molar-refractivity contribution is -0.121. The number of sulfonamides is 1. The van der Waals surface area contributed by atoms with Crippen LogP contribution in [0.3, 0.4) is 0 Å². The molecular weight excluding hydrogens is 416 g/mol. The number of aromatic nitrogens is 2. The highest BCUT2D eigenvalue weighted by Crippen LogP contribution is 2.24. The first-order valence-corrected chi connectivity index (χ1v) is 11.2. The average Bonchev–Trinajstić information content (AvgIpc) is 3.00. The summed E-state index contributed by atoms with van der Waals surface area (Å²) in [6, 6.07) is 7.25. The number of nitrogens with one attached hydrogen (secondary N) is 1. The second kappa shape index (κ2) is 9.25. The van der Waals surface area contributed by atoms with Gasteiger partial charge in [-0.1, -0.05) is 23.7 Å². The molecule has 1 saturated heterocycles. The van der Waals surface area contributed by atoms with Crippen molar-refractivity contribution in [3.63, 3.8) is 0 Å². The molecule has 8 nitrogen and oxygen atoms in total. The number of aryl methyl sites for hydroxylation is 2. The second-order valence-corrected chi connectivity index (χ2v) is 9.20. The summed E-state index contributed by atoms with van der Waals surface area (Å²) in [6.07, 6.45) is 0.201. The predicted octanol–water partition coefficient (Wildman–Crippen LogP) is 1.88. The van der Waals surface area contributed by atoms with Gasteiger partial charge in [-0.05, 0) is 31.5 Å². The molecule has 0 aliphatic carbocycles. The van der Waals surface area contributed by atoms with Gasteiger partial charge in [-0.3, -0.25) is 9.48 Å². The highest BCUT2D eigenvalue weighted by molar-refractivity contribution is 7.89. The Balaban J connectivity index is 1.62. The van der Waals surface area contributed by atoms with Crippen molar-refractivity contribution in [1.29, 1.82) is 0 Å². The Morgan fingerprint density at radius 2 is 1.86 bits per heavy atom. The number of hydrogen-bond donors (Lipinski definition) is 1. The Morgan fingerprint density at radius 3 is 2.52 bits per heavy atom. The Kier molecular flexibility index (Phi) is 6.94. The van der Waals surface area contributed by atoms with Crippen LogP contribution in [0.4, 0.5) is 0 Å². The first-order chi connectivity index (χ1) is 13.8. The van der Waals surface area contributed by atoms with E-state index in [4.69, 9.17) is 16.3 Å². The highest BCUT2D eigenvalue weighted by atomic mass is 35.5. The fourth-order valence-corrected chi connectivity index (χ4v) is 5.19. The first kappa shape index (κ1) is 21.8. The molecule has 0 saturated carbocycles. The molecule has 1 amide bonds. The van der Waals surface area contributed by atoms with Gasteiger partial charge in [0.05, 0.1) is 31.1 Å². The lowest BCUT2D eigenvalue weighted by atomic mass is 10.2. The van der Waals surface area contributed by atoms with Crippen LogP contribution in [-0.4, -0.2) is 54.7 Å². The molecule has 158 valence electrons. The van der Waals surface area contributed by atoms with Crippen LogP contribution in [0.5, 0.6) is 0 Å². The van der Waals surface area contributed by atoms with E-state index >= 15 is 0 Å². The molecule has 0 atom stereocenters. The number of benzene rings is 1. The number of hydrogen-bond acceptors (Lipinski definition) is 5. The van der Waals surface area contributed by atoms with Crippen LogP contribution >= 0.6 is 11.6 Å². The molecule has 1 aromatic heterocycles. The molecule has 10 heteroatoms. The summed E-state index contributed by atoms with van der Waals surface area (Å²) in [5, 5.41) is 7.85. The van der Waals surface area contributed by atoms with Crippen LogP contribution in [0.15, 0.2) is 29.2 Å². The van der Waals surface area contributed by atoms with Crippen LogP contribution in [-0.2, 0) is 32.6 Å². The SMILES string of the molecule is Cc1nn(CCC(=O)NCc2ccc(Cl)cc2)c(C)c1S(=O)(=O)N1CCOCC1. The third-order valence-corrected chi connectivity index (χ3v) is 7.24. The van der Waals surface area contributed by atoms with E-state index in [0.29, 0.717) is 55.8 Å². The van der Waals surface area contributed by atoms with Gasteiger partial charge in [-0.25, -0.2) is 8.42 Å². The lowest BCUT2D eigenvalue weighted by Crippen LogP contribution is -2.41. The smallest absolute Gasteiger partial charge is 0.246 e. The van der Waals surface area contributed by atoms with Gasteiger partial charge in [0.1, 0.15) is 4.90 Å². The number of carbonyl (C=O) groups excluding carboxylic acids is 1. The van der Waals surface area contributed by atoms with E-state index in [1.165, 1.54) is 4.31 Å². The largest absolute Gasteiger partial charge is 0.379 e. The molecular formula is C19H25ClN4O4S. The predicted molar refractivity (Wildman–Crippen MR) is 109 cm³/mol. The summed E-state index contributed by atoms with van der Waals surface area (Å²) >= 11 is 5.85. The molecule has 3 rings (SSSR count). The van der Waals surface area contributed by atoms with Crippen molar-refractivity contribution >= 4 is 27.5 Å². The van der Waals surface area contributed by atoms with Gasteiger partial charge < -0.3 is 10.1 Å². The van der Waals surface area contributed by atoms with E-state index in [1.807, 2.05) is 12.1 Å². The van der Waals surface area contributed by atoms with E-state index in [0.717, 1.165) is 5.56 Å². The summed E-state index contributed by atoms with van der Waals surface area (Å²) in [7, 11) is -3.63. The fraction of sp³-hybridized carbons (Fsp3) is 0.474. The summed E-state index contributed by atoms with van der Waals surface area (Å²) in [5.74, 6) is -0.134. The molecule has 1 N–H and O–H groups in total. The average molecular weight is 441 g/mol. The van der Waals surface area contributed by atoms with Crippen molar-refractivity contribution in [2.45, 2.75) is 38.3 Å². The number of rotatable bonds is 7. The summed E-state index contributed by atoms with van der Waals surface area (Å²) in [6.45, 7) is 5.55. The minimum Gasteiger partial charge on any atom is -0.379 e. The maximum Gasteiger partial charge on any atom is 0.246 e.